The number of fused-ring (bicyclic) bond motifs is 3. The van der Waals surface area contributed by atoms with Crippen LogP contribution in [0.3, 0.4) is 0 Å². The monoisotopic (exact) mass is 361 g/mol. The average Bonchev–Trinajstić information content (AvgIpc) is 2.74. The maximum Gasteiger partial charge on any atom is 0.286 e. The van der Waals surface area contributed by atoms with Gasteiger partial charge in [-0.2, -0.15) is 0 Å². The SMILES string of the molecule is Cc1ccc(-c2ccc3ccc4ccccc4c3c2)cc1-c1ccnc[n+]1C. The van der Waals surface area contributed by atoms with Crippen LogP contribution in [-0.2, 0) is 7.05 Å². The minimum absolute atomic E-state index is 1.17. The highest BCUT2D eigenvalue weighted by atomic mass is 15.0. The molecule has 0 bridgehead atoms. The number of hydrogen-bond acceptors (Lipinski definition) is 1. The molecule has 2 heteroatoms. The second kappa shape index (κ2) is 6.58. The van der Waals surface area contributed by atoms with Gasteiger partial charge in [-0.3, -0.25) is 0 Å². The van der Waals surface area contributed by atoms with E-state index in [1.165, 1.54) is 49.5 Å². The fourth-order valence-corrected chi connectivity index (χ4v) is 3.97. The molecule has 5 rings (SSSR count). The molecule has 2 nitrogen and oxygen atoms in total. The summed E-state index contributed by atoms with van der Waals surface area (Å²) in [5.41, 5.74) is 6.13. The van der Waals surface area contributed by atoms with Gasteiger partial charge in [0.1, 0.15) is 11.9 Å². The maximum absolute atomic E-state index is 4.21. The number of aryl methyl sites for hydroxylation is 2. The molecule has 1 aromatic heterocycles. The zero-order chi connectivity index (χ0) is 19.1. The maximum atomic E-state index is 4.21. The van der Waals surface area contributed by atoms with Crippen molar-refractivity contribution >= 4 is 21.5 Å². The molecule has 0 amide bonds. The number of nitrogens with zero attached hydrogens (tertiary/aromatic N) is 2. The smallest absolute Gasteiger partial charge is 0.233 e. The average molecular weight is 361 g/mol. The van der Waals surface area contributed by atoms with Gasteiger partial charge in [-0.05, 0) is 57.3 Å². The van der Waals surface area contributed by atoms with E-state index < -0.39 is 0 Å². The standard InChI is InChI=1S/C26H21N2/c1-18-7-8-21(15-24(18)26-13-14-27-17-28(26)2)22-12-11-20-10-9-19-5-3-4-6-23(19)25(20)16-22/h3-17H,1-2H3/q+1. The molecule has 0 aliphatic carbocycles. The topological polar surface area (TPSA) is 16.8 Å². The van der Waals surface area contributed by atoms with Gasteiger partial charge in [0, 0.05) is 11.6 Å². The van der Waals surface area contributed by atoms with Crippen LogP contribution in [-0.4, -0.2) is 4.98 Å². The molecule has 0 unspecified atom stereocenters. The van der Waals surface area contributed by atoms with Crippen molar-refractivity contribution < 1.29 is 4.57 Å². The Labute approximate surface area is 164 Å². The van der Waals surface area contributed by atoms with Crippen LogP contribution < -0.4 is 4.57 Å². The third-order valence-electron chi connectivity index (χ3n) is 5.53. The third-order valence-corrected chi connectivity index (χ3v) is 5.53. The number of rotatable bonds is 2. The number of aromatic nitrogens is 2. The first-order valence-electron chi connectivity index (χ1n) is 9.53. The lowest BCUT2D eigenvalue weighted by Gasteiger charge is -2.11. The Morgan fingerprint density at radius 2 is 1.43 bits per heavy atom. The summed E-state index contributed by atoms with van der Waals surface area (Å²) in [4.78, 5) is 4.21. The van der Waals surface area contributed by atoms with Gasteiger partial charge in [-0.15, -0.1) is 0 Å². The van der Waals surface area contributed by atoms with Crippen LogP contribution in [0.2, 0.25) is 0 Å². The zero-order valence-corrected chi connectivity index (χ0v) is 16.1. The van der Waals surface area contributed by atoms with Crippen LogP contribution in [0.5, 0.6) is 0 Å². The molecule has 0 atom stereocenters. The van der Waals surface area contributed by atoms with Crippen LogP contribution in [0.4, 0.5) is 0 Å². The van der Waals surface area contributed by atoms with Gasteiger partial charge in [0.15, 0.2) is 0 Å². The molecule has 0 spiro atoms. The molecular weight excluding hydrogens is 340 g/mol. The predicted octanol–water partition coefficient (Wildman–Crippen LogP) is 5.85. The summed E-state index contributed by atoms with van der Waals surface area (Å²) in [6, 6.07) is 28.5. The van der Waals surface area contributed by atoms with E-state index in [1.807, 2.05) is 19.6 Å². The molecule has 0 saturated heterocycles. The van der Waals surface area contributed by atoms with Gasteiger partial charge in [0.25, 0.3) is 6.33 Å². The molecule has 28 heavy (non-hydrogen) atoms. The summed E-state index contributed by atoms with van der Waals surface area (Å²) < 4.78 is 2.07. The third kappa shape index (κ3) is 2.74. The van der Waals surface area contributed by atoms with Gasteiger partial charge < -0.3 is 0 Å². The van der Waals surface area contributed by atoms with Crippen molar-refractivity contribution in [3.8, 4) is 22.4 Å². The zero-order valence-electron chi connectivity index (χ0n) is 16.1. The minimum atomic E-state index is 1.17. The Balaban J connectivity index is 1.71. The highest BCUT2D eigenvalue weighted by Crippen LogP contribution is 2.32. The number of benzene rings is 4. The van der Waals surface area contributed by atoms with E-state index >= 15 is 0 Å². The fraction of sp³-hybridized carbons (Fsp3) is 0.0769. The lowest BCUT2D eigenvalue weighted by atomic mass is 9.94. The van der Waals surface area contributed by atoms with E-state index in [4.69, 9.17) is 0 Å². The minimum Gasteiger partial charge on any atom is -0.233 e. The normalized spacial score (nSPS) is 11.2. The van der Waals surface area contributed by atoms with Gasteiger partial charge in [-0.25, -0.2) is 4.57 Å². The largest absolute Gasteiger partial charge is 0.286 e. The Bertz CT molecular complexity index is 1340. The van der Waals surface area contributed by atoms with E-state index in [1.54, 1.807) is 0 Å². The van der Waals surface area contributed by atoms with Crippen LogP contribution in [0, 0.1) is 6.92 Å². The van der Waals surface area contributed by atoms with Crippen molar-refractivity contribution in [1.29, 1.82) is 0 Å². The van der Waals surface area contributed by atoms with Crippen molar-refractivity contribution in [3.05, 3.63) is 97.0 Å². The molecule has 5 aromatic rings. The Morgan fingerprint density at radius 1 is 0.714 bits per heavy atom. The molecule has 0 saturated carbocycles. The van der Waals surface area contributed by atoms with Crippen molar-refractivity contribution in [2.45, 2.75) is 6.92 Å². The van der Waals surface area contributed by atoms with Gasteiger partial charge >= 0.3 is 0 Å². The number of hydrogen-bond donors (Lipinski definition) is 0. The lowest BCUT2D eigenvalue weighted by molar-refractivity contribution is -0.663. The second-order valence-electron chi connectivity index (χ2n) is 7.33. The highest BCUT2D eigenvalue weighted by Gasteiger charge is 2.11. The first kappa shape index (κ1) is 16.6. The Kier molecular flexibility index (Phi) is 3.91. The van der Waals surface area contributed by atoms with Gasteiger partial charge in [-0.1, -0.05) is 65.6 Å². The van der Waals surface area contributed by atoms with Crippen molar-refractivity contribution in [2.24, 2.45) is 7.05 Å². The molecule has 1 heterocycles. The molecular formula is C26H21N2+. The van der Waals surface area contributed by atoms with Gasteiger partial charge in [0.2, 0.25) is 0 Å². The lowest BCUT2D eigenvalue weighted by Crippen LogP contribution is -2.31. The summed E-state index contributed by atoms with van der Waals surface area (Å²) in [7, 11) is 2.04. The first-order chi connectivity index (χ1) is 13.7. The molecule has 0 aliphatic rings. The molecule has 134 valence electrons. The summed E-state index contributed by atoms with van der Waals surface area (Å²) >= 11 is 0. The molecule has 0 N–H and O–H groups in total. The fourth-order valence-electron chi connectivity index (χ4n) is 3.97. The van der Waals surface area contributed by atoms with Crippen LogP contribution in [0.25, 0.3) is 43.9 Å². The van der Waals surface area contributed by atoms with Crippen LogP contribution in [0.15, 0.2) is 91.4 Å². The Morgan fingerprint density at radius 3 is 2.29 bits per heavy atom. The predicted molar refractivity (Wildman–Crippen MR) is 116 cm³/mol. The van der Waals surface area contributed by atoms with Gasteiger partial charge in [0.05, 0.1) is 7.05 Å². The summed E-state index contributed by atoms with van der Waals surface area (Å²) in [6.45, 7) is 2.16. The van der Waals surface area contributed by atoms with E-state index in [-0.39, 0.29) is 0 Å². The van der Waals surface area contributed by atoms with Crippen LogP contribution >= 0.6 is 0 Å². The van der Waals surface area contributed by atoms with E-state index in [9.17, 15) is 0 Å². The molecule has 4 aromatic carbocycles. The first-order valence-corrected chi connectivity index (χ1v) is 9.53. The van der Waals surface area contributed by atoms with E-state index in [2.05, 4.69) is 95.3 Å². The van der Waals surface area contributed by atoms with Crippen molar-refractivity contribution in [2.75, 3.05) is 0 Å². The Hall–Kier alpha value is -3.52. The van der Waals surface area contributed by atoms with E-state index in [0.717, 1.165) is 0 Å². The second-order valence-corrected chi connectivity index (χ2v) is 7.33. The summed E-state index contributed by atoms with van der Waals surface area (Å²) in [6.07, 6.45) is 3.70. The molecule has 0 radical (unpaired) electrons. The van der Waals surface area contributed by atoms with Crippen molar-refractivity contribution in [3.63, 3.8) is 0 Å². The molecule has 0 fully saturated rings. The highest BCUT2D eigenvalue weighted by molar-refractivity contribution is 6.08. The quantitative estimate of drug-likeness (QED) is 0.284. The van der Waals surface area contributed by atoms with Crippen LogP contribution in [0.1, 0.15) is 5.56 Å². The van der Waals surface area contributed by atoms with Crippen molar-refractivity contribution in [1.82, 2.24) is 4.98 Å². The summed E-state index contributed by atoms with van der Waals surface area (Å²) in [5.74, 6) is 0. The van der Waals surface area contributed by atoms with E-state index in [0.29, 0.717) is 0 Å². The molecule has 0 aliphatic heterocycles. The summed E-state index contributed by atoms with van der Waals surface area (Å²) in [5, 5.41) is 5.15.